The highest BCUT2D eigenvalue weighted by Gasteiger charge is 2.50. The van der Waals surface area contributed by atoms with E-state index in [9.17, 15) is 22.3 Å². The maximum Gasteiger partial charge on any atom is 0.253 e. The number of nitrogens with zero attached hydrogens (tertiary/aromatic N) is 2. The van der Waals surface area contributed by atoms with Crippen molar-refractivity contribution in [3.8, 4) is 0 Å². The first kappa shape index (κ1) is 18.0. The van der Waals surface area contributed by atoms with Crippen LogP contribution >= 0.6 is 0 Å². The third-order valence-electron chi connectivity index (χ3n) is 4.91. The zero-order valence-electron chi connectivity index (χ0n) is 13.4. The number of aliphatic hydroxyl groups excluding tert-OH is 1. The summed E-state index contributed by atoms with van der Waals surface area (Å²) >= 11 is 0. The van der Waals surface area contributed by atoms with E-state index in [1.54, 1.807) is 0 Å². The van der Waals surface area contributed by atoms with Crippen LogP contribution in [0.25, 0.3) is 0 Å². The monoisotopic (exact) mass is 340 g/mol. The van der Waals surface area contributed by atoms with Crippen molar-refractivity contribution in [2.24, 2.45) is 5.41 Å². The van der Waals surface area contributed by atoms with E-state index in [0.717, 1.165) is 6.54 Å². The topological polar surface area (TPSA) is 60.9 Å². The van der Waals surface area contributed by atoms with Gasteiger partial charge in [-0.05, 0) is 6.42 Å². The Bertz CT molecular complexity index is 504. The maximum atomic E-state index is 13.9. The third kappa shape index (κ3) is 3.44. The first-order chi connectivity index (χ1) is 9.98. The summed E-state index contributed by atoms with van der Waals surface area (Å²) < 4.78 is 53.8. The minimum absolute atomic E-state index is 0.0988. The second-order valence-corrected chi connectivity index (χ2v) is 9.08. The molecule has 1 unspecified atom stereocenters. The van der Waals surface area contributed by atoms with Crippen molar-refractivity contribution in [2.45, 2.75) is 51.7 Å². The number of sulfonamides is 1. The average Bonchev–Trinajstić information content (AvgIpc) is 2.71. The molecule has 0 bridgehead atoms. The lowest BCUT2D eigenvalue weighted by Crippen LogP contribution is -2.62. The van der Waals surface area contributed by atoms with E-state index in [4.69, 9.17) is 0 Å². The Morgan fingerprint density at radius 3 is 2.27 bits per heavy atom. The highest BCUT2D eigenvalue weighted by molar-refractivity contribution is 7.89. The zero-order valence-corrected chi connectivity index (χ0v) is 14.2. The minimum Gasteiger partial charge on any atom is -0.392 e. The Hall–Kier alpha value is -0.310. The van der Waals surface area contributed by atoms with E-state index in [1.807, 2.05) is 0 Å². The fourth-order valence-electron chi connectivity index (χ4n) is 3.11. The molecule has 0 radical (unpaired) electrons. The summed E-state index contributed by atoms with van der Waals surface area (Å²) in [7, 11) is -3.69. The van der Waals surface area contributed by atoms with Crippen LogP contribution in [0.1, 0.15) is 33.6 Å². The molecule has 2 aliphatic heterocycles. The summed E-state index contributed by atoms with van der Waals surface area (Å²) in [4.78, 5) is 2.07. The summed E-state index contributed by atoms with van der Waals surface area (Å²) in [5.41, 5.74) is -1.59. The van der Waals surface area contributed by atoms with Gasteiger partial charge in [0.25, 0.3) is 5.92 Å². The van der Waals surface area contributed by atoms with Gasteiger partial charge in [0.1, 0.15) is 0 Å². The van der Waals surface area contributed by atoms with E-state index in [0.29, 0.717) is 26.1 Å². The Morgan fingerprint density at radius 1 is 1.23 bits per heavy atom. The maximum absolute atomic E-state index is 13.9. The van der Waals surface area contributed by atoms with Gasteiger partial charge in [0, 0.05) is 44.1 Å². The Kier molecular flexibility index (Phi) is 4.88. The van der Waals surface area contributed by atoms with Crippen LogP contribution in [0.4, 0.5) is 8.78 Å². The van der Waals surface area contributed by atoms with Crippen LogP contribution in [0.2, 0.25) is 0 Å². The van der Waals surface area contributed by atoms with Gasteiger partial charge < -0.3 is 5.11 Å². The summed E-state index contributed by atoms with van der Waals surface area (Å²) in [6.07, 6.45) is -0.00384. The van der Waals surface area contributed by atoms with Gasteiger partial charge in [-0.2, -0.15) is 4.31 Å². The van der Waals surface area contributed by atoms with Crippen LogP contribution < -0.4 is 0 Å². The van der Waals surface area contributed by atoms with Crippen molar-refractivity contribution < 1.29 is 22.3 Å². The van der Waals surface area contributed by atoms with Crippen LogP contribution in [0.3, 0.4) is 0 Å². The minimum atomic E-state index is -3.69. The SMILES string of the molecule is CCC(F)(F)C(C)(C)CS(=O)(=O)N1CC(N2CCC(O)C2)C1. The number of hydrogen-bond donors (Lipinski definition) is 1. The molecule has 8 heteroatoms. The predicted octanol–water partition coefficient (Wildman–Crippen LogP) is 1.14. The van der Waals surface area contributed by atoms with Crippen molar-refractivity contribution in [3.63, 3.8) is 0 Å². The lowest BCUT2D eigenvalue weighted by atomic mass is 9.86. The lowest BCUT2D eigenvalue weighted by molar-refractivity contribution is -0.0974. The second kappa shape index (κ2) is 5.96. The molecule has 1 atom stereocenters. The molecule has 5 nitrogen and oxygen atoms in total. The second-order valence-electron chi connectivity index (χ2n) is 7.11. The zero-order chi connectivity index (χ0) is 16.8. The largest absolute Gasteiger partial charge is 0.392 e. The van der Waals surface area contributed by atoms with Gasteiger partial charge in [-0.25, -0.2) is 17.2 Å². The number of hydrogen-bond acceptors (Lipinski definition) is 4. The van der Waals surface area contributed by atoms with E-state index in [-0.39, 0.29) is 18.6 Å². The lowest BCUT2D eigenvalue weighted by Gasteiger charge is -2.44. The van der Waals surface area contributed by atoms with Gasteiger partial charge in [-0.1, -0.05) is 20.8 Å². The quantitative estimate of drug-likeness (QED) is 0.788. The molecule has 2 rings (SSSR count). The van der Waals surface area contributed by atoms with Crippen LogP contribution in [-0.4, -0.2) is 72.7 Å². The molecule has 0 spiro atoms. The van der Waals surface area contributed by atoms with Crippen LogP contribution in [0.5, 0.6) is 0 Å². The molecule has 0 amide bonds. The fourth-order valence-corrected chi connectivity index (χ4v) is 5.21. The van der Waals surface area contributed by atoms with Gasteiger partial charge in [-0.3, -0.25) is 4.90 Å². The van der Waals surface area contributed by atoms with Gasteiger partial charge in [0.05, 0.1) is 11.9 Å². The van der Waals surface area contributed by atoms with E-state index < -0.39 is 27.1 Å². The fraction of sp³-hybridized carbons (Fsp3) is 1.00. The Labute approximate surface area is 131 Å². The molecule has 0 aromatic carbocycles. The standard InChI is InChI=1S/C14H26F2N2O3S/c1-4-14(15,16)13(2,3)10-22(20,21)18-7-11(8-18)17-6-5-12(19)9-17/h11-12,19H,4-10H2,1-3H3. The number of aliphatic hydroxyl groups is 1. The molecule has 1 N–H and O–H groups in total. The van der Waals surface area contributed by atoms with Gasteiger partial charge >= 0.3 is 0 Å². The molecular formula is C14H26F2N2O3S. The molecule has 0 aromatic rings. The van der Waals surface area contributed by atoms with Crippen LogP contribution in [-0.2, 0) is 10.0 Å². The van der Waals surface area contributed by atoms with Gasteiger partial charge in [0.2, 0.25) is 10.0 Å². The smallest absolute Gasteiger partial charge is 0.253 e. The summed E-state index contributed by atoms with van der Waals surface area (Å²) in [5, 5.41) is 9.51. The van der Waals surface area contributed by atoms with Crippen molar-refractivity contribution in [1.82, 2.24) is 9.21 Å². The van der Waals surface area contributed by atoms with E-state index in [1.165, 1.54) is 25.1 Å². The van der Waals surface area contributed by atoms with Gasteiger partial charge in [-0.15, -0.1) is 0 Å². The number of rotatable bonds is 6. The van der Waals surface area contributed by atoms with Crippen molar-refractivity contribution in [3.05, 3.63) is 0 Å². The molecule has 0 aromatic heterocycles. The molecule has 2 heterocycles. The molecule has 130 valence electrons. The summed E-state index contributed by atoms with van der Waals surface area (Å²) in [5.74, 6) is -3.56. The predicted molar refractivity (Wildman–Crippen MR) is 80.4 cm³/mol. The molecule has 0 aliphatic carbocycles. The van der Waals surface area contributed by atoms with Gasteiger partial charge in [0.15, 0.2) is 0 Å². The third-order valence-corrected chi connectivity index (χ3v) is 7.08. The van der Waals surface area contributed by atoms with Crippen LogP contribution in [0.15, 0.2) is 0 Å². The van der Waals surface area contributed by atoms with Crippen molar-refractivity contribution >= 4 is 10.0 Å². The average molecular weight is 340 g/mol. The van der Waals surface area contributed by atoms with E-state index in [2.05, 4.69) is 4.90 Å². The molecule has 2 saturated heterocycles. The first-order valence-electron chi connectivity index (χ1n) is 7.76. The number of alkyl halides is 2. The number of β-amino-alcohol motifs (C(OH)–C–C–N with tert-alkyl or cyclic N) is 1. The summed E-state index contributed by atoms with van der Waals surface area (Å²) in [6.45, 7) is 5.99. The van der Waals surface area contributed by atoms with Crippen LogP contribution in [0, 0.1) is 5.41 Å². The highest BCUT2D eigenvalue weighted by atomic mass is 32.2. The van der Waals surface area contributed by atoms with Crippen molar-refractivity contribution in [2.75, 3.05) is 31.9 Å². The van der Waals surface area contributed by atoms with Crippen molar-refractivity contribution in [1.29, 1.82) is 0 Å². The first-order valence-corrected chi connectivity index (χ1v) is 9.37. The normalized spacial score (nSPS) is 26.4. The number of halogens is 2. The number of likely N-dealkylation sites (tertiary alicyclic amines) is 1. The Morgan fingerprint density at radius 2 is 1.82 bits per heavy atom. The Balaban J connectivity index is 1.93. The molecule has 2 aliphatic rings. The summed E-state index contributed by atoms with van der Waals surface area (Å²) in [6, 6.07) is 0.0988. The molecule has 0 saturated carbocycles. The molecular weight excluding hydrogens is 314 g/mol. The molecule has 2 fully saturated rings. The van der Waals surface area contributed by atoms with E-state index >= 15 is 0 Å². The molecule has 22 heavy (non-hydrogen) atoms. The highest BCUT2D eigenvalue weighted by Crippen LogP contribution is 2.40.